The SMILES string of the molecule is CCOC(=O)C1C2CCC(C2)C1N(CC)c1c(F)c(F)nc(F)c1F. The number of rotatable bonds is 5. The normalized spacial score (nSPS) is 27.6. The number of pyridine rings is 1. The summed E-state index contributed by atoms with van der Waals surface area (Å²) in [4.78, 5) is 16.3. The first kappa shape index (κ1) is 17.9. The minimum Gasteiger partial charge on any atom is -0.466 e. The van der Waals surface area contributed by atoms with E-state index in [0.717, 1.165) is 19.3 Å². The Labute approximate surface area is 143 Å². The minimum absolute atomic E-state index is 0.0254. The second kappa shape index (κ2) is 6.80. The van der Waals surface area contributed by atoms with Crippen molar-refractivity contribution in [1.29, 1.82) is 0 Å². The summed E-state index contributed by atoms with van der Waals surface area (Å²) in [5, 5.41) is 0. The quantitative estimate of drug-likeness (QED) is 0.458. The second-order valence-electron chi connectivity index (χ2n) is 6.56. The van der Waals surface area contributed by atoms with Gasteiger partial charge in [0.1, 0.15) is 5.69 Å². The first-order valence-electron chi connectivity index (χ1n) is 8.53. The van der Waals surface area contributed by atoms with E-state index in [1.165, 1.54) is 4.90 Å². The van der Waals surface area contributed by atoms with Crippen molar-refractivity contribution >= 4 is 11.7 Å². The summed E-state index contributed by atoms with van der Waals surface area (Å²) in [7, 11) is 0. The van der Waals surface area contributed by atoms with Crippen molar-refractivity contribution in [2.24, 2.45) is 17.8 Å². The number of hydrogen-bond donors (Lipinski definition) is 0. The smallest absolute Gasteiger partial charge is 0.311 e. The third-order valence-corrected chi connectivity index (χ3v) is 5.39. The van der Waals surface area contributed by atoms with Crippen LogP contribution in [-0.2, 0) is 9.53 Å². The van der Waals surface area contributed by atoms with Crippen molar-refractivity contribution in [2.75, 3.05) is 18.1 Å². The molecule has 2 aliphatic rings. The summed E-state index contributed by atoms with van der Waals surface area (Å²) in [6.07, 6.45) is 2.39. The van der Waals surface area contributed by atoms with Gasteiger partial charge in [0.15, 0.2) is 0 Å². The molecule has 8 heteroatoms. The van der Waals surface area contributed by atoms with Crippen LogP contribution in [0.3, 0.4) is 0 Å². The van der Waals surface area contributed by atoms with E-state index < -0.39 is 47.1 Å². The average molecular weight is 360 g/mol. The summed E-state index contributed by atoms with van der Waals surface area (Å²) in [5.74, 6) is -7.35. The Morgan fingerprint density at radius 1 is 1.12 bits per heavy atom. The van der Waals surface area contributed by atoms with Crippen LogP contribution in [0.5, 0.6) is 0 Å². The number of carbonyl (C=O) groups is 1. The maximum Gasteiger partial charge on any atom is 0.311 e. The van der Waals surface area contributed by atoms with Crippen LogP contribution in [0.1, 0.15) is 33.1 Å². The standard InChI is InChI=1S/C17H20F4N2O2/c1-3-23(14-11(18)15(20)22-16(21)12(14)19)13-9-6-5-8(7-9)10(13)17(24)25-4-2/h8-10,13H,3-7H2,1-2H3. The molecule has 0 saturated heterocycles. The van der Waals surface area contributed by atoms with Gasteiger partial charge in [0.2, 0.25) is 11.6 Å². The van der Waals surface area contributed by atoms with Gasteiger partial charge in [-0.05, 0) is 44.9 Å². The van der Waals surface area contributed by atoms with E-state index in [1.807, 2.05) is 0 Å². The van der Waals surface area contributed by atoms with Crippen LogP contribution < -0.4 is 4.90 Å². The lowest BCUT2D eigenvalue weighted by Crippen LogP contribution is -2.48. The van der Waals surface area contributed by atoms with Crippen LogP contribution in [0.15, 0.2) is 0 Å². The molecule has 1 heterocycles. The molecule has 4 unspecified atom stereocenters. The van der Waals surface area contributed by atoms with Crippen molar-refractivity contribution in [3.8, 4) is 0 Å². The van der Waals surface area contributed by atoms with Gasteiger partial charge in [0.05, 0.1) is 12.5 Å². The van der Waals surface area contributed by atoms with E-state index in [2.05, 4.69) is 4.98 Å². The second-order valence-corrected chi connectivity index (χ2v) is 6.56. The van der Waals surface area contributed by atoms with Gasteiger partial charge in [0.25, 0.3) is 11.9 Å². The van der Waals surface area contributed by atoms with Crippen molar-refractivity contribution in [1.82, 2.24) is 4.98 Å². The zero-order chi connectivity index (χ0) is 18.3. The maximum absolute atomic E-state index is 14.2. The third kappa shape index (κ3) is 2.85. The Morgan fingerprint density at radius 3 is 2.28 bits per heavy atom. The van der Waals surface area contributed by atoms with Gasteiger partial charge in [-0.2, -0.15) is 22.5 Å². The number of ether oxygens (including phenoxy) is 1. The number of hydrogen-bond acceptors (Lipinski definition) is 4. The van der Waals surface area contributed by atoms with E-state index in [1.54, 1.807) is 13.8 Å². The van der Waals surface area contributed by atoms with Gasteiger partial charge in [-0.3, -0.25) is 4.79 Å². The van der Waals surface area contributed by atoms with E-state index in [9.17, 15) is 22.4 Å². The number of nitrogens with zero attached hydrogens (tertiary/aromatic N) is 2. The highest BCUT2D eigenvalue weighted by molar-refractivity contribution is 5.75. The molecular weight excluding hydrogens is 340 g/mol. The van der Waals surface area contributed by atoms with Crippen molar-refractivity contribution < 1.29 is 27.1 Å². The number of aromatic nitrogens is 1. The molecule has 0 amide bonds. The van der Waals surface area contributed by atoms with Crippen molar-refractivity contribution in [2.45, 2.75) is 39.2 Å². The summed E-state index contributed by atoms with van der Waals surface area (Å²) in [6, 6.07) is -0.548. The molecule has 4 nitrogen and oxygen atoms in total. The summed E-state index contributed by atoms with van der Waals surface area (Å²) in [6.45, 7) is 3.61. The van der Waals surface area contributed by atoms with Gasteiger partial charge in [-0.25, -0.2) is 0 Å². The lowest BCUT2D eigenvalue weighted by Gasteiger charge is -2.39. The fourth-order valence-electron chi connectivity index (χ4n) is 4.53. The molecule has 2 aliphatic carbocycles. The molecule has 1 aromatic rings. The Morgan fingerprint density at radius 2 is 1.72 bits per heavy atom. The average Bonchev–Trinajstić information content (AvgIpc) is 3.18. The largest absolute Gasteiger partial charge is 0.466 e. The van der Waals surface area contributed by atoms with Crippen molar-refractivity contribution in [3.63, 3.8) is 0 Å². The maximum atomic E-state index is 14.2. The predicted octanol–water partition coefficient (Wildman–Crippen LogP) is 3.44. The molecule has 1 aromatic heterocycles. The van der Waals surface area contributed by atoms with Crippen LogP contribution in [0.4, 0.5) is 23.2 Å². The Bertz CT molecular complexity index is 659. The van der Waals surface area contributed by atoms with Crippen LogP contribution in [0.2, 0.25) is 0 Å². The van der Waals surface area contributed by atoms with Gasteiger partial charge >= 0.3 is 5.97 Å². The highest BCUT2D eigenvalue weighted by Crippen LogP contribution is 2.52. The monoisotopic (exact) mass is 360 g/mol. The number of fused-ring (bicyclic) bond motifs is 2. The third-order valence-electron chi connectivity index (χ3n) is 5.39. The fourth-order valence-corrected chi connectivity index (χ4v) is 4.53. The van der Waals surface area contributed by atoms with Gasteiger partial charge in [-0.1, -0.05) is 0 Å². The molecule has 2 bridgehead atoms. The number of esters is 1. The summed E-state index contributed by atoms with van der Waals surface area (Å²) >= 11 is 0. The van der Waals surface area contributed by atoms with Gasteiger partial charge < -0.3 is 9.64 Å². The van der Waals surface area contributed by atoms with Crippen LogP contribution in [-0.4, -0.2) is 30.1 Å². The Kier molecular flexibility index (Phi) is 4.88. The molecule has 25 heavy (non-hydrogen) atoms. The topological polar surface area (TPSA) is 42.4 Å². The van der Waals surface area contributed by atoms with Crippen LogP contribution >= 0.6 is 0 Å². The van der Waals surface area contributed by atoms with Crippen LogP contribution in [0, 0.1) is 41.3 Å². The summed E-state index contributed by atoms with van der Waals surface area (Å²) < 4.78 is 60.7. The first-order valence-corrected chi connectivity index (χ1v) is 8.53. The zero-order valence-corrected chi connectivity index (χ0v) is 14.1. The molecule has 0 aliphatic heterocycles. The number of halogens is 4. The van der Waals surface area contributed by atoms with Gasteiger partial charge in [-0.15, -0.1) is 0 Å². The Hall–Kier alpha value is -1.86. The van der Waals surface area contributed by atoms with E-state index in [4.69, 9.17) is 4.74 Å². The molecule has 2 fully saturated rings. The molecule has 0 radical (unpaired) electrons. The van der Waals surface area contributed by atoms with Gasteiger partial charge in [0, 0.05) is 12.6 Å². The molecule has 3 rings (SSSR count). The lowest BCUT2D eigenvalue weighted by molar-refractivity contribution is -0.150. The van der Waals surface area contributed by atoms with E-state index in [0.29, 0.717) is 0 Å². The molecule has 0 spiro atoms. The van der Waals surface area contributed by atoms with Crippen LogP contribution in [0.25, 0.3) is 0 Å². The molecule has 4 atom stereocenters. The lowest BCUT2D eigenvalue weighted by atomic mass is 9.83. The highest BCUT2D eigenvalue weighted by atomic mass is 19.2. The molecule has 0 N–H and O–H groups in total. The van der Waals surface area contributed by atoms with E-state index in [-0.39, 0.29) is 25.0 Å². The molecular formula is C17H20F4N2O2. The number of anilines is 1. The predicted molar refractivity (Wildman–Crippen MR) is 81.8 cm³/mol. The molecule has 0 aromatic carbocycles. The fraction of sp³-hybridized carbons (Fsp3) is 0.647. The molecule has 2 saturated carbocycles. The highest BCUT2D eigenvalue weighted by Gasteiger charge is 2.54. The molecule has 138 valence electrons. The number of carbonyl (C=O) groups excluding carboxylic acids is 1. The van der Waals surface area contributed by atoms with Crippen molar-refractivity contribution in [3.05, 3.63) is 23.5 Å². The summed E-state index contributed by atoms with van der Waals surface area (Å²) in [5.41, 5.74) is -0.792. The Balaban J connectivity index is 2.05. The van der Waals surface area contributed by atoms with E-state index >= 15 is 0 Å². The first-order chi connectivity index (χ1) is 11.9. The minimum atomic E-state index is -1.69. The zero-order valence-electron chi connectivity index (χ0n) is 14.1.